The molecule has 9 nitrogen and oxygen atoms in total. The molecular weight excluding hydrogens is 522 g/mol. The molecule has 0 aliphatic carbocycles. The highest BCUT2D eigenvalue weighted by Gasteiger charge is 2.65. The number of carbonyl (C=O) groups is 3. The molecule has 2 heterocycles. The average Bonchev–Trinajstić information content (AvgIpc) is 3.47. The highest BCUT2D eigenvalue weighted by molar-refractivity contribution is 6.12. The number of unbranched alkanes of at least 4 members (excludes halogenated alkanes) is 2. The van der Waals surface area contributed by atoms with Crippen LogP contribution in [0.1, 0.15) is 46.5 Å². The van der Waals surface area contributed by atoms with Crippen molar-refractivity contribution in [1.82, 2.24) is 0 Å². The highest BCUT2D eigenvalue weighted by atomic mass is 16.5. The molecule has 2 aliphatic rings. The van der Waals surface area contributed by atoms with Crippen LogP contribution in [0.15, 0.2) is 77.1 Å². The van der Waals surface area contributed by atoms with Crippen molar-refractivity contribution in [3.05, 3.63) is 77.1 Å². The Morgan fingerprint density at radius 3 is 1.71 bits per heavy atom. The van der Waals surface area contributed by atoms with E-state index in [1.165, 1.54) is 21.3 Å². The zero-order valence-corrected chi connectivity index (χ0v) is 24.7. The number of para-hydroxylation sites is 3. The molecule has 1 spiro atoms. The van der Waals surface area contributed by atoms with Crippen molar-refractivity contribution in [3.63, 3.8) is 0 Å². The minimum Gasteiger partial charge on any atom is -0.466 e. The predicted molar refractivity (Wildman–Crippen MR) is 158 cm³/mol. The van der Waals surface area contributed by atoms with Crippen LogP contribution in [0.5, 0.6) is 0 Å². The van der Waals surface area contributed by atoms with Gasteiger partial charge in [-0.05, 0) is 44.0 Å². The zero-order valence-electron chi connectivity index (χ0n) is 24.7. The van der Waals surface area contributed by atoms with Gasteiger partial charge in [-0.25, -0.2) is 14.4 Å². The fourth-order valence-electron chi connectivity index (χ4n) is 5.95. The lowest BCUT2D eigenvalue weighted by Gasteiger charge is -2.46. The molecule has 0 amide bonds. The van der Waals surface area contributed by atoms with Crippen LogP contribution in [0.25, 0.3) is 0 Å². The lowest BCUT2D eigenvalue weighted by molar-refractivity contribution is -0.139. The number of ether oxygens (including phenoxy) is 3. The van der Waals surface area contributed by atoms with Gasteiger partial charge in [-0.1, -0.05) is 57.0 Å². The molecular formula is C32H39N3O6. The normalized spacial score (nSPS) is 16.7. The number of benzene rings is 2. The van der Waals surface area contributed by atoms with Gasteiger partial charge >= 0.3 is 17.9 Å². The van der Waals surface area contributed by atoms with Crippen molar-refractivity contribution >= 4 is 35.0 Å². The van der Waals surface area contributed by atoms with Gasteiger partial charge in [0.15, 0.2) is 5.66 Å². The Bertz CT molecular complexity index is 1330. The second-order valence-corrected chi connectivity index (χ2v) is 10.0. The van der Waals surface area contributed by atoms with E-state index >= 15 is 0 Å². The Hall–Kier alpha value is -4.27. The SMILES string of the molecule is CCCCN1c2ccccc2N(CCCC)C12C(C(=O)OC)=C(C(=O)OC)N(c1ccccc1)/C2=C(\C)C(=O)OC. The van der Waals surface area contributed by atoms with Gasteiger partial charge in [0.05, 0.1) is 44.0 Å². The summed E-state index contributed by atoms with van der Waals surface area (Å²) in [5.41, 5.74) is 1.76. The van der Waals surface area contributed by atoms with Gasteiger partial charge < -0.3 is 28.9 Å². The standard InChI is InChI=1S/C32H39N3O6/c1-7-9-20-33-24-18-14-15-19-25(24)34(21-10-8-2)32(33)26(30(37)40-5)27(31(38)41-6)35(23-16-12-11-13-17-23)28(32)22(3)29(36)39-4/h11-19H,7-10,20-21H2,1-6H3/b28-22+. The summed E-state index contributed by atoms with van der Waals surface area (Å²) >= 11 is 0. The van der Waals surface area contributed by atoms with Crippen LogP contribution in [-0.4, -0.2) is 58.0 Å². The molecule has 0 atom stereocenters. The van der Waals surface area contributed by atoms with Gasteiger partial charge in [0.1, 0.15) is 11.3 Å². The Kier molecular flexibility index (Phi) is 9.05. The van der Waals surface area contributed by atoms with Crippen LogP contribution < -0.4 is 14.7 Å². The maximum absolute atomic E-state index is 14.1. The first kappa shape index (κ1) is 29.7. The van der Waals surface area contributed by atoms with Crippen molar-refractivity contribution in [2.75, 3.05) is 49.1 Å². The lowest BCUT2D eigenvalue weighted by Crippen LogP contribution is -2.62. The maximum atomic E-state index is 14.1. The van der Waals surface area contributed by atoms with Crippen LogP contribution in [0, 0.1) is 0 Å². The first-order valence-corrected chi connectivity index (χ1v) is 14.0. The van der Waals surface area contributed by atoms with E-state index in [9.17, 15) is 14.4 Å². The van der Waals surface area contributed by atoms with E-state index in [0.717, 1.165) is 37.1 Å². The van der Waals surface area contributed by atoms with Crippen molar-refractivity contribution in [2.45, 2.75) is 52.1 Å². The molecule has 0 aromatic heterocycles. The number of fused-ring (bicyclic) bond motifs is 1. The molecule has 0 N–H and O–H groups in total. The smallest absolute Gasteiger partial charge is 0.355 e. The molecule has 9 heteroatoms. The Labute approximate surface area is 242 Å². The van der Waals surface area contributed by atoms with Crippen molar-refractivity contribution in [2.24, 2.45) is 0 Å². The van der Waals surface area contributed by atoms with E-state index in [1.54, 1.807) is 11.8 Å². The third-order valence-corrected chi connectivity index (χ3v) is 7.71. The Morgan fingerprint density at radius 1 is 0.732 bits per heavy atom. The van der Waals surface area contributed by atoms with Gasteiger partial charge in [0.25, 0.3) is 0 Å². The highest BCUT2D eigenvalue weighted by Crippen LogP contribution is 2.58. The molecule has 2 aromatic rings. The van der Waals surface area contributed by atoms with Gasteiger partial charge in [0.2, 0.25) is 0 Å². The largest absolute Gasteiger partial charge is 0.466 e. The molecule has 0 unspecified atom stereocenters. The average molecular weight is 562 g/mol. The van der Waals surface area contributed by atoms with Gasteiger partial charge in [-0.3, -0.25) is 0 Å². The third-order valence-electron chi connectivity index (χ3n) is 7.71. The lowest BCUT2D eigenvalue weighted by atomic mass is 9.91. The topological polar surface area (TPSA) is 88.6 Å². The molecule has 4 rings (SSSR count). The minimum absolute atomic E-state index is 0.000365. The molecule has 0 fully saturated rings. The monoisotopic (exact) mass is 561 g/mol. The second-order valence-electron chi connectivity index (χ2n) is 10.0. The summed E-state index contributed by atoms with van der Waals surface area (Å²) in [6.45, 7) is 6.97. The van der Waals surface area contributed by atoms with Gasteiger partial charge in [-0.15, -0.1) is 0 Å². The Morgan fingerprint density at radius 2 is 1.24 bits per heavy atom. The van der Waals surface area contributed by atoms with E-state index in [-0.39, 0.29) is 16.8 Å². The quantitative estimate of drug-likeness (QED) is 0.221. The minimum atomic E-state index is -1.40. The Balaban J connectivity index is 2.26. The summed E-state index contributed by atoms with van der Waals surface area (Å²) in [6, 6.07) is 17.1. The number of anilines is 3. The summed E-state index contributed by atoms with van der Waals surface area (Å²) in [5.74, 6) is -1.98. The fraction of sp³-hybridized carbons (Fsp3) is 0.406. The maximum Gasteiger partial charge on any atom is 0.355 e. The number of nitrogens with zero attached hydrogens (tertiary/aromatic N) is 3. The van der Waals surface area contributed by atoms with Crippen molar-refractivity contribution in [3.8, 4) is 0 Å². The molecule has 2 aromatic carbocycles. The van der Waals surface area contributed by atoms with Crippen LogP contribution in [0.4, 0.5) is 17.1 Å². The first-order valence-electron chi connectivity index (χ1n) is 14.0. The zero-order chi connectivity index (χ0) is 29.7. The summed E-state index contributed by atoms with van der Waals surface area (Å²) in [7, 11) is 3.90. The van der Waals surface area contributed by atoms with Crippen LogP contribution in [-0.2, 0) is 28.6 Å². The molecule has 218 valence electrons. The number of hydrogen-bond acceptors (Lipinski definition) is 9. The molecule has 0 bridgehead atoms. The second kappa shape index (κ2) is 12.5. The van der Waals surface area contributed by atoms with E-state index in [2.05, 4.69) is 23.6 Å². The molecule has 0 saturated carbocycles. The molecule has 0 radical (unpaired) electrons. The first-order chi connectivity index (χ1) is 19.8. The third kappa shape index (κ3) is 4.73. The van der Waals surface area contributed by atoms with Crippen LogP contribution in [0.3, 0.4) is 0 Å². The summed E-state index contributed by atoms with van der Waals surface area (Å²) < 4.78 is 16.0. The molecule has 0 saturated heterocycles. The number of esters is 3. The number of carbonyl (C=O) groups excluding carboxylic acids is 3. The van der Waals surface area contributed by atoms with Crippen molar-refractivity contribution < 1.29 is 28.6 Å². The predicted octanol–water partition coefficient (Wildman–Crippen LogP) is 5.18. The molecule has 2 aliphatic heterocycles. The van der Waals surface area contributed by atoms with Gasteiger partial charge in [0, 0.05) is 18.8 Å². The number of rotatable bonds is 10. The van der Waals surface area contributed by atoms with E-state index in [0.29, 0.717) is 24.5 Å². The summed E-state index contributed by atoms with van der Waals surface area (Å²) in [5, 5.41) is 0. The molecule has 41 heavy (non-hydrogen) atoms. The summed E-state index contributed by atoms with van der Waals surface area (Å²) in [4.78, 5) is 47.2. The van der Waals surface area contributed by atoms with E-state index in [4.69, 9.17) is 14.2 Å². The van der Waals surface area contributed by atoms with Crippen LogP contribution >= 0.6 is 0 Å². The number of hydrogen-bond donors (Lipinski definition) is 0. The van der Waals surface area contributed by atoms with E-state index < -0.39 is 23.6 Å². The summed E-state index contributed by atoms with van der Waals surface area (Å²) in [6.07, 6.45) is 3.38. The van der Waals surface area contributed by atoms with Crippen molar-refractivity contribution in [1.29, 1.82) is 0 Å². The van der Waals surface area contributed by atoms with Gasteiger partial charge in [-0.2, -0.15) is 0 Å². The number of methoxy groups -OCH3 is 3. The fourth-order valence-corrected chi connectivity index (χ4v) is 5.95. The van der Waals surface area contributed by atoms with E-state index in [1.807, 2.05) is 54.6 Å². The van der Waals surface area contributed by atoms with Crippen LogP contribution in [0.2, 0.25) is 0 Å².